The zero-order valence-corrected chi connectivity index (χ0v) is 11.0. The van der Waals surface area contributed by atoms with Gasteiger partial charge in [-0.05, 0) is 37.8 Å². The number of hydrogen-bond donors (Lipinski definition) is 1. The van der Waals surface area contributed by atoms with Crippen LogP contribution in [0.1, 0.15) is 24.0 Å². The molecule has 0 aliphatic carbocycles. The van der Waals surface area contributed by atoms with Gasteiger partial charge >= 0.3 is 0 Å². The lowest BCUT2D eigenvalue weighted by Crippen LogP contribution is -2.48. The molecular weight excluding hydrogens is 250 g/mol. The van der Waals surface area contributed by atoms with Crippen LogP contribution in [0.25, 0.3) is 0 Å². The number of hydrogen-bond acceptors (Lipinski definition) is 3. The third-order valence-corrected chi connectivity index (χ3v) is 6.65. The maximum atomic E-state index is 12.7. The van der Waals surface area contributed by atoms with Crippen molar-refractivity contribution in [1.29, 1.82) is 0 Å². The molecule has 3 rings (SSSR count). The number of benzene rings is 1. The lowest BCUT2D eigenvalue weighted by atomic mass is 9.95. The molecule has 2 aliphatic rings. The van der Waals surface area contributed by atoms with Crippen LogP contribution in [0, 0.1) is 6.92 Å². The molecule has 2 heterocycles. The third-order valence-electron chi connectivity index (χ3n) is 4.05. The molecule has 1 fully saturated rings. The van der Waals surface area contributed by atoms with E-state index in [4.69, 9.17) is 0 Å². The smallest absolute Gasteiger partial charge is 0.241 e. The number of nitrogens with one attached hydrogen (secondary N) is 1. The maximum Gasteiger partial charge on any atom is 0.241 e. The average Bonchev–Trinajstić information content (AvgIpc) is 2.68. The van der Waals surface area contributed by atoms with Gasteiger partial charge in [0.15, 0.2) is 14.6 Å². The molecule has 5 heteroatoms. The highest BCUT2D eigenvalue weighted by Crippen LogP contribution is 2.42. The minimum Gasteiger partial charge on any atom is -0.355 e. The molecule has 4 nitrogen and oxygen atoms in total. The standard InChI is InChI=1S/C13H15NO3S/c1-9-2-3-11-10(8-9)4-5-13(18(11,16)17)6-7-14-12(13)15/h2-3,8H,4-7H2,1H3,(H,14,15). The zero-order chi connectivity index (χ0) is 13.0. The van der Waals surface area contributed by atoms with E-state index in [1.807, 2.05) is 13.0 Å². The molecule has 18 heavy (non-hydrogen) atoms. The van der Waals surface area contributed by atoms with E-state index >= 15 is 0 Å². The largest absolute Gasteiger partial charge is 0.355 e. The minimum absolute atomic E-state index is 0.325. The zero-order valence-electron chi connectivity index (χ0n) is 10.2. The Morgan fingerprint density at radius 2 is 2.06 bits per heavy atom. The highest BCUT2D eigenvalue weighted by Gasteiger charge is 2.55. The molecule has 2 aliphatic heterocycles. The first-order chi connectivity index (χ1) is 8.47. The molecule has 1 unspecified atom stereocenters. The first kappa shape index (κ1) is 11.7. The lowest BCUT2D eigenvalue weighted by molar-refractivity contribution is -0.121. The molecule has 0 radical (unpaired) electrons. The number of carbonyl (C=O) groups excluding carboxylic acids is 1. The topological polar surface area (TPSA) is 63.2 Å². The molecule has 1 atom stereocenters. The third kappa shape index (κ3) is 1.31. The van der Waals surface area contributed by atoms with Gasteiger partial charge in [0.05, 0.1) is 4.90 Å². The minimum atomic E-state index is -3.56. The van der Waals surface area contributed by atoms with E-state index in [0.717, 1.165) is 11.1 Å². The molecule has 0 aromatic heterocycles. The Morgan fingerprint density at radius 3 is 2.72 bits per heavy atom. The summed E-state index contributed by atoms with van der Waals surface area (Å²) in [5.74, 6) is -0.325. The first-order valence-electron chi connectivity index (χ1n) is 6.10. The number of sulfone groups is 1. The Hall–Kier alpha value is -1.36. The van der Waals surface area contributed by atoms with Crippen molar-refractivity contribution in [2.24, 2.45) is 0 Å². The molecule has 0 bridgehead atoms. The molecule has 1 saturated heterocycles. The second-order valence-corrected chi connectivity index (χ2v) is 7.34. The van der Waals surface area contributed by atoms with E-state index in [-0.39, 0.29) is 5.91 Å². The number of amides is 1. The van der Waals surface area contributed by atoms with Crippen LogP contribution in [-0.2, 0) is 21.1 Å². The lowest BCUT2D eigenvalue weighted by Gasteiger charge is -2.31. The molecule has 1 aromatic carbocycles. The fraction of sp³-hybridized carbons (Fsp3) is 0.462. The fourth-order valence-electron chi connectivity index (χ4n) is 2.99. The molecule has 1 amide bonds. The fourth-order valence-corrected chi connectivity index (χ4v) is 5.23. The van der Waals surface area contributed by atoms with Crippen molar-refractivity contribution in [2.45, 2.75) is 35.8 Å². The van der Waals surface area contributed by atoms with Crippen molar-refractivity contribution >= 4 is 15.7 Å². The summed E-state index contributed by atoms with van der Waals surface area (Å²) in [7, 11) is -3.56. The van der Waals surface area contributed by atoms with Crippen molar-refractivity contribution in [2.75, 3.05) is 6.54 Å². The van der Waals surface area contributed by atoms with Crippen LogP contribution in [0.3, 0.4) is 0 Å². The van der Waals surface area contributed by atoms with Gasteiger partial charge in [0.2, 0.25) is 5.91 Å². The summed E-state index contributed by atoms with van der Waals surface area (Å²) in [5.41, 5.74) is 1.90. The highest BCUT2D eigenvalue weighted by atomic mass is 32.2. The maximum absolute atomic E-state index is 12.7. The second-order valence-electron chi connectivity index (χ2n) is 5.11. The van der Waals surface area contributed by atoms with Gasteiger partial charge in [-0.1, -0.05) is 17.7 Å². The van der Waals surface area contributed by atoms with Gasteiger partial charge in [0, 0.05) is 6.54 Å². The quantitative estimate of drug-likeness (QED) is 0.760. The van der Waals surface area contributed by atoms with Crippen LogP contribution in [0.15, 0.2) is 23.1 Å². The van der Waals surface area contributed by atoms with Crippen LogP contribution in [-0.4, -0.2) is 25.6 Å². The van der Waals surface area contributed by atoms with Gasteiger partial charge in [0.1, 0.15) is 0 Å². The van der Waals surface area contributed by atoms with Crippen LogP contribution < -0.4 is 5.32 Å². The molecule has 1 N–H and O–H groups in total. The van der Waals surface area contributed by atoms with Crippen molar-refractivity contribution in [3.05, 3.63) is 29.3 Å². The summed E-state index contributed by atoms with van der Waals surface area (Å²) < 4.78 is 24.2. The van der Waals surface area contributed by atoms with Crippen molar-refractivity contribution < 1.29 is 13.2 Å². The van der Waals surface area contributed by atoms with Crippen LogP contribution >= 0.6 is 0 Å². The molecular formula is C13H15NO3S. The van der Waals surface area contributed by atoms with Crippen LogP contribution in [0.2, 0.25) is 0 Å². The van der Waals surface area contributed by atoms with E-state index in [2.05, 4.69) is 5.32 Å². The van der Waals surface area contributed by atoms with Gasteiger partial charge < -0.3 is 5.32 Å². The second kappa shape index (κ2) is 3.57. The molecule has 1 spiro atoms. The summed E-state index contributed by atoms with van der Waals surface area (Å²) >= 11 is 0. The summed E-state index contributed by atoms with van der Waals surface area (Å²) in [6.45, 7) is 2.40. The molecule has 0 saturated carbocycles. The Labute approximate surface area is 106 Å². The SMILES string of the molecule is Cc1ccc2c(c1)CCC1(CCNC1=O)S2(=O)=O. The highest BCUT2D eigenvalue weighted by molar-refractivity contribution is 7.93. The Morgan fingerprint density at radius 1 is 1.28 bits per heavy atom. The Balaban J connectivity index is 2.23. The number of fused-ring (bicyclic) bond motifs is 1. The summed E-state index contributed by atoms with van der Waals surface area (Å²) in [5, 5.41) is 2.66. The van der Waals surface area contributed by atoms with Gasteiger partial charge in [-0.3, -0.25) is 4.79 Å². The molecule has 96 valence electrons. The predicted octanol–water partition coefficient (Wildman–Crippen LogP) is 0.974. The van der Waals surface area contributed by atoms with Gasteiger partial charge in [-0.15, -0.1) is 0 Å². The summed E-state index contributed by atoms with van der Waals surface area (Å²) in [6.07, 6.45) is 1.45. The van der Waals surface area contributed by atoms with E-state index in [9.17, 15) is 13.2 Å². The summed E-state index contributed by atoms with van der Waals surface area (Å²) in [6, 6.07) is 5.35. The van der Waals surface area contributed by atoms with Crippen molar-refractivity contribution in [3.8, 4) is 0 Å². The van der Waals surface area contributed by atoms with Gasteiger partial charge in [0.25, 0.3) is 0 Å². The van der Waals surface area contributed by atoms with E-state index in [1.54, 1.807) is 12.1 Å². The van der Waals surface area contributed by atoms with Crippen LogP contribution in [0.5, 0.6) is 0 Å². The van der Waals surface area contributed by atoms with E-state index in [1.165, 1.54) is 0 Å². The van der Waals surface area contributed by atoms with Crippen LogP contribution in [0.4, 0.5) is 0 Å². The number of carbonyl (C=O) groups is 1. The summed E-state index contributed by atoms with van der Waals surface area (Å²) in [4.78, 5) is 12.3. The van der Waals surface area contributed by atoms with Gasteiger partial charge in [-0.2, -0.15) is 0 Å². The van der Waals surface area contributed by atoms with E-state index < -0.39 is 14.6 Å². The normalized spacial score (nSPS) is 29.1. The number of aryl methyl sites for hydroxylation is 2. The Kier molecular flexibility index (Phi) is 2.32. The predicted molar refractivity (Wildman–Crippen MR) is 67.0 cm³/mol. The molecule has 1 aromatic rings. The van der Waals surface area contributed by atoms with Crippen molar-refractivity contribution in [1.82, 2.24) is 5.32 Å². The van der Waals surface area contributed by atoms with Gasteiger partial charge in [-0.25, -0.2) is 8.42 Å². The van der Waals surface area contributed by atoms with Crippen molar-refractivity contribution in [3.63, 3.8) is 0 Å². The Bertz CT molecular complexity index is 636. The first-order valence-corrected chi connectivity index (χ1v) is 7.58. The number of rotatable bonds is 0. The van der Waals surface area contributed by atoms with E-state index in [0.29, 0.717) is 30.7 Å². The average molecular weight is 265 g/mol. The monoisotopic (exact) mass is 265 g/mol.